The number of phenolic OH excluding ortho intramolecular Hbond substituents is 1. The summed E-state index contributed by atoms with van der Waals surface area (Å²) in [5.41, 5.74) is 2.30. The number of fused-ring (bicyclic) bond motifs is 5. The second-order valence-electron chi connectivity index (χ2n) is 7.92. The summed E-state index contributed by atoms with van der Waals surface area (Å²) < 4.78 is 0. The molecule has 120 valence electrons. The molecule has 0 spiro atoms. The van der Waals surface area contributed by atoms with Crippen molar-refractivity contribution < 1.29 is 10.2 Å². The van der Waals surface area contributed by atoms with E-state index in [0.717, 1.165) is 30.4 Å². The molecule has 0 radical (unpaired) electrons. The molecule has 2 saturated carbocycles. The first kappa shape index (κ1) is 14.8. The van der Waals surface area contributed by atoms with Crippen LogP contribution in [-0.4, -0.2) is 15.8 Å². The van der Waals surface area contributed by atoms with Crippen molar-refractivity contribution >= 4 is 6.08 Å². The molecule has 2 fully saturated rings. The van der Waals surface area contributed by atoms with Gasteiger partial charge >= 0.3 is 0 Å². The minimum Gasteiger partial charge on any atom is -0.508 e. The summed E-state index contributed by atoms with van der Waals surface area (Å²) in [6.07, 6.45) is 13.9. The van der Waals surface area contributed by atoms with Crippen molar-refractivity contribution in [2.24, 2.45) is 17.3 Å². The molecular weight excluding hydrogens is 284 g/mol. The number of aliphatic hydroxyl groups is 1. The molecule has 2 N–H and O–H groups in total. The van der Waals surface area contributed by atoms with E-state index in [1.54, 1.807) is 0 Å². The van der Waals surface area contributed by atoms with E-state index < -0.39 is 5.60 Å². The van der Waals surface area contributed by atoms with Crippen LogP contribution < -0.4 is 0 Å². The van der Waals surface area contributed by atoms with Gasteiger partial charge in [-0.1, -0.05) is 31.1 Å². The van der Waals surface area contributed by atoms with Gasteiger partial charge in [0.15, 0.2) is 0 Å². The van der Waals surface area contributed by atoms with Gasteiger partial charge in [-0.15, -0.1) is 6.42 Å². The highest BCUT2D eigenvalue weighted by Crippen LogP contribution is 2.63. The maximum atomic E-state index is 10.9. The summed E-state index contributed by atoms with van der Waals surface area (Å²) >= 11 is 0. The van der Waals surface area contributed by atoms with Gasteiger partial charge in [0.25, 0.3) is 0 Å². The van der Waals surface area contributed by atoms with Crippen molar-refractivity contribution in [2.45, 2.75) is 51.0 Å². The third kappa shape index (κ3) is 1.80. The first-order chi connectivity index (χ1) is 10.9. The van der Waals surface area contributed by atoms with Crippen LogP contribution in [0.5, 0.6) is 5.75 Å². The molecule has 4 rings (SSSR count). The van der Waals surface area contributed by atoms with Gasteiger partial charge in [0, 0.05) is 5.41 Å². The lowest BCUT2D eigenvalue weighted by molar-refractivity contribution is -0.0547. The predicted molar refractivity (Wildman–Crippen MR) is 92.0 cm³/mol. The van der Waals surface area contributed by atoms with Gasteiger partial charge in [0.2, 0.25) is 0 Å². The zero-order chi connectivity index (χ0) is 16.4. The van der Waals surface area contributed by atoms with Crippen molar-refractivity contribution in [3.8, 4) is 18.1 Å². The van der Waals surface area contributed by atoms with E-state index >= 15 is 0 Å². The largest absolute Gasteiger partial charge is 0.508 e. The molecule has 3 aliphatic rings. The molecule has 2 heteroatoms. The maximum absolute atomic E-state index is 10.9. The van der Waals surface area contributed by atoms with E-state index in [1.165, 1.54) is 5.56 Å². The number of aryl methyl sites for hydroxylation is 1. The van der Waals surface area contributed by atoms with Crippen LogP contribution in [0.3, 0.4) is 0 Å². The molecule has 0 unspecified atom stereocenters. The summed E-state index contributed by atoms with van der Waals surface area (Å²) in [6.45, 7) is 4.15. The van der Waals surface area contributed by atoms with Gasteiger partial charge in [0.1, 0.15) is 11.4 Å². The highest BCUT2D eigenvalue weighted by atomic mass is 16.3. The molecule has 0 aliphatic heterocycles. The number of allylic oxidation sites excluding steroid dienone is 1. The van der Waals surface area contributed by atoms with Gasteiger partial charge < -0.3 is 10.2 Å². The van der Waals surface area contributed by atoms with Crippen LogP contribution in [0.1, 0.15) is 55.2 Å². The van der Waals surface area contributed by atoms with E-state index in [9.17, 15) is 10.2 Å². The topological polar surface area (TPSA) is 40.5 Å². The Balaban J connectivity index is 1.77. The smallest absolute Gasteiger partial charge is 0.130 e. The predicted octanol–water partition coefficient (Wildman–Crippen LogP) is 4.00. The standard InChI is InChI=1S/C21H24O2/c1-4-21(23)10-8-18-16-6-5-14-12-19(22)13(2)11-17(14)15(16)7-9-20(18,21)3/h1,5-6,11-12,15-16,18,22-23H,7-10H2,2-3H3/t15-,16+,18-,20-,21-/m0/s1. The number of benzene rings is 1. The third-order valence-electron chi connectivity index (χ3n) is 7.02. The Kier molecular flexibility index (Phi) is 3.00. The minimum absolute atomic E-state index is 0.184. The molecule has 3 aliphatic carbocycles. The Morgan fingerprint density at radius 1 is 1.26 bits per heavy atom. The van der Waals surface area contributed by atoms with Crippen LogP contribution in [-0.2, 0) is 0 Å². The highest BCUT2D eigenvalue weighted by molar-refractivity contribution is 5.62. The van der Waals surface area contributed by atoms with E-state index in [4.69, 9.17) is 6.42 Å². The molecular formula is C21H24O2. The first-order valence-electron chi connectivity index (χ1n) is 8.61. The number of aromatic hydroxyl groups is 1. The Hall–Kier alpha value is -1.72. The molecule has 23 heavy (non-hydrogen) atoms. The van der Waals surface area contributed by atoms with Crippen LogP contribution in [0.4, 0.5) is 0 Å². The number of phenols is 1. The Bertz CT molecular complexity index is 741. The SMILES string of the molecule is C#C[C@]1(O)CC[C@H]2[C@@H]3C=Cc4cc(O)c(C)cc4[C@H]3CC[C@@]21C. The first-order valence-corrected chi connectivity index (χ1v) is 8.61. The quantitative estimate of drug-likeness (QED) is 0.711. The fourth-order valence-electron chi connectivity index (χ4n) is 5.50. The number of rotatable bonds is 0. The fraction of sp³-hybridized carbons (Fsp3) is 0.524. The molecule has 1 aromatic carbocycles. The molecule has 0 bridgehead atoms. The molecule has 1 aromatic rings. The summed E-state index contributed by atoms with van der Waals surface area (Å²) in [7, 11) is 0. The fourth-order valence-corrected chi connectivity index (χ4v) is 5.50. The van der Waals surface area contributed by atoms with Crippen LogP contribution >= 0.6 is 0 Å². The average molecular weight is 308 g/mol. The maximum Gasteiger partial charge on any atom is 0.130 e. The Labute approximate surface area is 138 Å². The molecule has 5 atom stereocenters. The molecule has 0 saturated heterocycles. The van der Waals surface area contributed by atoms with E-state index in [0.29, 0.717) is 29.9 Å². The molecule has 0 heterocycles. The van der Waals surface area contributed by atoms with E-state index in [1.807, 2.05) is 13.0 Å². The van der Waals surface area contributed by atoms with Crippen LogP contribution in [0, 0.1) is 36.5 Å². The third-order valence-corrected chi connectivity index (χ3v) is 7.02. The van der Waals surface area contributed by atoms with Crippen molar-refractivity contribution in [1.29, 1.82) is 0 Å². The van der Waals surface area contributed by atoms with Gasteiger partial charge in [-0.3, -0.25) is 0 Å². The van der Waals surface area contributed by atoms with E-state index in [2.05, 4.69) is 31.1 Å². The summed E-state index contributed by atoms with van der Waals surface area (Å²) in [4.78, 5) is 0. The number of hydrogen-bond acceptors (Lipinski definition) is 2. The number of terminal acetylenes is 1. The summed E-state index contributed by atoms with van der Waals surface area (Å²) in [6, 6.07) is 4.04. The Morgan fingerprint density at radius 2 is 2.04 bits per heavy atom. The zero-order valence-corrected chi connectivity index (χ0v) is 13.8. The lowest BCUT2D eigenvalue weighted by Crippen LogP contribution is -2.49. The van der Waals surface area contributed by atoms with Crippen molar-refractivity contribution in [3.63, 3.8) is 0 Å². The van der Waals surface area contributed by atoms with Crippen LogP contribution in [0.2, 0.25) is 0 Å². The lowest BCUT2D eigenvalue weighted by Gasteiger charge is -2.50. The monoisotopic (exact) mass is 308 g/mol. The van der Waals surface area contributed by atoms with Crippen molar-refractivity contribution in [3.05, 3.63) is 34.9 Å². The summed E-state index contributed by atoms with van der Waals surface area (Å²) in [5.74, 6) is 4.43. The molecule has 2 nitrogen and oxygen atoms in total. The van der Waals surface area contributed by atoms with Gasteiger partial charge in [0.05, 0.1) is 0 Å². The summed E-state index contributed by atoms with van der Waals surface area (Å²) in [5, 5.41) is 20.9. The average Bonchev–Trinajstić information content (AvgIpc) is 2.81. The minimum atomic E-state index is -0.957. The van der Waals surface area contributed by atoms with Gasteiger partial charge in [-0.05, 0) is 73.1 Å². The van der Waals surface area contributed by atoms with E-state index in [-0.39, 0.29) is 5.41 Å². The lowest BCUT2D eigenvalue weighted by atomic mass is 9.54. The Morgan fingerprint density at radius 3 is 2.78 bits per heavy atom. The molecule has 0 aromatic heterocycles. The zero-order valence-electron chi connectivity index (χ0n) is 13.8. The van der Waals surface area contributed by atoms with Crippen LogP contribution in [0.15, 0.2) is 18.2 Å². The van der Waals surface area contributed by atoms with Crippen molar-refractivity contribution in [1.82, 2.24) is 0 Å². The van der Waals surface area contributed by atoms with Crippen molar-refractivity contribution in [2.75, 3.05) is 0 Å². The highest BCUT2D eigenvalue weighted by Gasteiger charge is 2.60. The molecule has 0 amide bonds. The van der Waals surface area contributed by atoms with Gasteiger partial charge in [-0.25, -0.2) is 0 Å². The van der Waals surface area contributed by atoms with Gasteiger partial charge in [-0.2, -0.15) is 0 Å². The number of hydrogen-bond donors (Lipinski definition) is 2. The van der Waals surface area contributed by atoms with Crippen LogP contribution in [0.25, 0.3) is 6.08 Å². The second kappa shape index (κ2) is 4.65. The second-order valence-corrected chi connectivity index (χ2v) is 7.92. The normalized spacial score (nSPS) is 40.9.